The molecule has 0 aliphatic heterocycles. The van der Waals surface area contributed by atoms with Crippen LogP contribution in [0, 0.1) is 0 Å². The van der Waals surface area contributed by atoms with E-state index in [0.29, 0.717) is 6.54 Å². The quantitative estimate of drug-likeness (QED) is 0.831. The van der Waals surface area contributed by atoms with Gasteiger partial charge in [0.1, 0.15) is 0 Å². The van der Waals surface area contributed by atoms with Crippen molar-refractivity contribution >= 4 is 5.91 Å². The van der Waals surface area contributed by atoms with Crippen molar-refractivity contribution in [1.29, 1.82) is 0 Å². The molecule has 0 radical (unpaired) electrons. The van der Waals surface area contributed by atoms with Gasteiger partial charge in [-0.15, -0.1) is 0 Å². The zero-order valence-corrected chi connectivity index (χ0v) is 12.0. The van der Waals surface area contributed by atoms with Gasteiger partial charge in [-0.05, 0) is 17.5 Å². The molecular weight excluding hydrogens is 248 g/mol. The van der Waals surface area contributed by atoms with Gasteiger partial charge in [-0.1, -0.05) is 37.3 Å². The Labute approximate surface area is 120 Å². The second kappa shape index (κ2) is 6.85. The van der Waals surface area contributed by atoms with Gasteiger partial charge in [0.15, 0.2) is 12.4 Å². The Hall–Kier alpha value is -2.16. The second-order valence-corrected chi connectivity index (χ2v) is 4.89. The molecule has 2 aromatic rings. The second-order valence-electron chi connectivity index (χ2n) is 4.89. The van der Waals surface area contributed by atoms with Crippen molar-refractivity contribution in [2.24, 2.45) is 0 Å². The Bertz CT molecular complexity index is 549. The molecule has 1 heterocycles. The number of benzene rings is 1. The lowest BCUT2D eigenvalue weighted by Gasteiger charge is -2.09. The highest BCUT2D eigenvalue weighted by molar-refractivity contribution is 5.78. The van der Waals surface area contributed by atoms with Gasteiger partial charge in [0.05, 0.1) is 0 Å². The predicted octanol–water partition coefficient (Wildman–Crippen LogP) is 2.41. The number of carbonyl (C=O) groups is 1. The molecule has 1 aromatic carbocycles. The molecule has 0 saturated heterocycles. The maximum Gasteiger partial charge on any atom is 0.289 e. The normalized spacial score (nSPS) is 11.9. The number of aryl methyl sites for hydroxylation is 1. The highest BCUT2D eigenvalue weighted by Crippen LogP contribution is 2.01. The van der Waals surface area contributed by atoms with E-state index in [9.17, 15) is 4.79 Å². The number of pyridine rings is 1. The summed E-state index contributed by atoms with van der Waals surface area (Å²) in [6.07, 6.45) is 4.94. The number of aromatic nitrogens is 1. The lowest BCUT2D eigenvalue weighted by atomic mass is 10.2. The minimum absolute atomic E-state index is 0.0306. The van der Waals surface area contributed by atoms with Crippen LogP contribution < -0.4 is 9.88 Å². The highest BCUT2D eigenvalue weighted by atomic mass is 16.2. The fourth-order valence-corrected chi connectivity index (χ4v) is 2.03. The minimum atomic E-state index is -0.204. The molecule has 0 aliphatic carbocycles. The molecule has 0 unspecified atom stereocenters. The van der Waals surface area contributed by atoms with Crippen molar-refractivity contribution in [1.82, 2.24) is 5.32 Å². The summed E-state index contributed by atoms with van der Waals surface area (Å²) in [5, 5.41) is 2.97. The third-order valence-corrected chi connectivity index (χ3v) is 3.47. The zero-order chi connectivity index (χ0) is 14.4. The molecule has 0 bridgehead atoms. The van der Waals surface area contributed by atoms with Gasteiger partial charge in [0, 0.05) is 25.6 Å². The average Bonchev–Trinajstić information content (AvgIpc) is 2.53. The summed E-state index contributed by atoms with van der Waals surface area (Å²) in [4.78, 5) is 12.1. The maximum absolute atomic E-state index is 12.1. The number of amides is 1. The number of hydrogen-bond donors (Lipinski definition) is 1. The molecule has 1 atom stereocenters. The van der Waals surface area contributed by atoms with Crippen LogP contribution in [0.15, 0.2) is 54.9 Å². The molecule has 3 nitrogen and oxygen atoms in total. The molecule has 1 amide bonds. The fourth-order valence-electron chi connectivity index (χ4n) is 2.03. The molecule has 1 aromatic heterocycles. The van der Waals surface area contributed by atoms with E-state index in [2.05, 4.69) is 24.4 Å². The molecule has 0 fully saturated rings. The van der Waals surface area contributed by atoms with Crippen LogP contribution in [0.4, 0.5) is 0 Å². The van der Waals surface area contributed by atoms with Crippen LogP contribution in [0.5, 0.6) is 0 Å². The molecule has 3 heteroatoms. The molecule has 20 heavy (non-hydrogen) atoms. The number of nitrogens with one attached hydrogen (secondary N) is 1. The highest BCUT2D eigenvalue weighted by Gasteiger charge is 2.20. The Balaban J connectivity index is 1.94. The monoisotopic (exact) mass is 269 g/mol. The third-order valence-electron chi connectivity index (χ3n) is 3.47. The van der Waals surface area contributed by atoms with E-state index in [4.69, 9.17) is 0 Å². The van der Waals surface area contributed by atoms with Crippen LogP contribution in [0.2, 0.25) is 0 Å². The Morgan fingerprint density at radius 1 is 1.10 bits per heavy atom. The van der Waals surface area contributed by atoms with Crippen LogP contribution in [0.1, 0.15) is 31.0 Å². The minimum Gasteiger partial charge on any atom is -0.346 e. The number of carbonyl (C=O) groups excluding carboxylic acids is 1. The molecule has 0 aliphatic rings. The number of hydrogen-bond acceptors (Lipinski definition) is 1. The lowest BCUT2D eigenvalue weighted by molar-refractivity contribution is -0.706. The van der Waals surface area contributed by atoms with Crippen molar-refractivity contribution in [3.63, 3.8) is 0 Å². The van der Waals surface area contributed by atoms with E-state index in [-0.39, 0.29) is 11.9 Å². The molecule has 1 N–H and O–H groups in total. The number of rotatable bonds is 5. The molecule has 0 spiro atoms. The van der Waals surface area contributed by atoms with Gasteiger partial charge >= 0.3 is 0 Å². The Kier molecular flexibility index (Phi) is 4.88. The SMILES string of the molecule is CCc1cc[n+]([C@H](C)C(=O)NCc2ccccc2)cc1. The first-order valence-electron chi connectivity index (χ1n) is 7.02. The molecular formula is C17H21N2O+. The Morgan fingerprint density at radius 2 is 1.75 bits per heavy atom. The van der Waals surface area contributed by atoms with Crippen molar-refractivity contribution in [2.45, 2.75) is 32.9 Å². The average molecular weight is 269 g/mol. The van der Waals surface area contributed by atoms with Crippen LogP contribution in [0.25, 0.3) is 0 Å². The first-order chi connectivity index (χ1) is 9.70. The van der Waals surface area contributed by atoms with Crippen molar-refractivity contribution in [3.8, 4) is 0 Å². The van der Waals surface area contributed by atoms with Crippen molar-refractivity contribution in [2.75, 3.05) is 0 Å². The molecule has 2 rings (SSSR count). The maximum atomic E-state index is 12.1. The van der Waals surface area contributed by atoms with E-state index in [1.165, 1.54) is 5.56 Å². The lowest BCUT2D eigenvalue weighted by Crippen LogP contribution is -2.46. The molecule has 104 valence electrons. The van der Waals surface area contributed by atoms with Gasteiger partial charge < -0.3 is 5.32 Å². The van der Waals surface area contributed by atoms with Crippen LogP contribution >= 0.6 is 0 Å². The van der Waals surface area contributed by atoms with Gasteiger partial charge in [0.2, 0.25) is 6.04 Å². The smallest absolute Gasteiger partial charge is 0.289 e. The third kappa shape index (κ3) is 3.67. The first kappa shape index (κ1) is 14.3. The van der Waals surface area contributed by atoms with Gasteiger partial charge in [-0.3, -0.25) is 4.79 Å². The molecule has 0 saturated carbocycles. The van der Waals surface area contributed by atoms with E-state index in [1.54, 1.807) is 0 Å². The number of nitrogens with zero attached hydrogens (tertiary/aromatic N) is 1. The van der Waals surface area contributed by atoms with E-state index in [0.717, 1.165) is 12.0 Å². The van der Waals surface area contributed by atoms with Gasteiger partial charge in [-0.2, -0.15) is 4.57 Å². The standard InChI is InChI=1S/C17H20N2O/c1-3-15-9-11-19(12-10-15)14(2)17(20)18-13-16-7-5-4-6-8-16/h4-12,14H,3,13H2,1-2H3/p+1/t14-/m1/s1. The van der Waals surface area contributed by atoms with Crippen LogP contribution in [-0.2, 0) is 17.8 Å². The summed E-state index contributed by atoms with van der Waals surface area (Å²) in [5.74, 6) is 0.0306. The summed E-state index contributed by atoms with van der Waals surface area (Å²) in [6, 6.07) is 13.8. The topological polar surface area (TPSA) is 33.0 Å². The van der Waals surface area contributed by atoms with Crippen LogP contribution in [-0.4, -0.2) is 5.91 Å². The van der Waals surface area contributed by atoms with Gasteiger partial charge in [0.25, 0.3) is 5.91 Å². The summed E-state index contributed by atoms with van der Waals surface area (Å²) < 4.78 is 1.93. The Morgan fingerprint density at radius 3 is 2.35 bits per heavy atom. The van der Waals surface area contributed by atoms with E-state index in [1.807, 2.05) is 54.2 Å². The van der Waals surface area contributed by atoms with Crippen molar-refractivity contribution in [3.05, 3.63) is 66.0 Å². The fraction of sp³-hybridized carbons (Fsp3) is 0.294. The van der Waals surface area contributed by atoms with E-state index < -0.39 is 0 Å². The summed E-state index contributed by atoms with van der Waals surface area (Å²) in [6.45, 7) is 4.60. The summed E-state index contributed by atoms with van der Waals surface area (Å²) in [7, 11) is 0. The van der Waals surface area contributed by atoms with E-state index >= 15 is 0 Å². The van der Waals surface area contributed by atoms with Crippen LogP contribution in [0.3, 0.4) is 0 Å². The van der Waals surface area contributed by atoms with Gasteiger partial charge in [-0.25, -0.2) is 0 Å². The first-order valence-corrected chi connectivity index (χ1v) is 7.02. The largest absolute Gasteiger partial charge is 0.346 e. The predicted molar refractivity (Wildman–Crippen MR) is 79.0 cm³/mol. The van der Waals surface area contributed by atoms with Crippen molar-refractivity contribution < 1.29 is 9.36 Å². The summed E-state index contributed by atoms with van der Waals surface area (Å²) in [5.41, 5.74) is 2.39. The summed E-state index contributed by atoms with van der Waals surface area (Å²) >= 11 is 0. The zero-order valence-electron chi connectivity index (χ0n) is 12.0.